The maximum Gasteiger partial charge on any atom is 0.319 e. The Morgan fingerprint density at radius 3 is 2.58 bits per heavy atom. The molecule has 3 amide bonds. The molecule has 2 heterocycles. The Balaban J connectivity index is 1.60. The van der Waals surface area contributed by atoms with Gasteiger partial charge < -0.3 is 16.0 Å². The van der Waals surface area contributed by atoms with Crippen LogP contribution in [0.5, 0.6) is 0 Å². The van der Waals surface area contributed by atoms with Crippen LogP contribution >= 0.6 is 0 Å². The summed E-state index contributed by atoms with van der Waals surface area (Å²) in [5.41, 5.74) is 1.37. The molecule has 3 N–H and O–H groups in total. The molecule has 3 rings (SSSR count). The molecule has 1 aromatic heterocycles. The van der Waals surface area contributed by atoms with Gasteiger partial charge >= 0.3 is 6.03 Å². The van der Waals surface area contributed by atoms with Gasteiger partial charge in [-0.1, -0.05) is 6.07 Å². The minimum Gasteiger partial charge on any atom is -0.334 e. The number of carbonyl (C=O) groups is 2. The van der Waals surface area contributed by atoms with Gasteiger partial charge in [-0.25, -0.2) is 13.2 Å². The van der Waals surface area contributed by atoms with Crippen LogP contribution in [0, 0.1) is 0 Å². The van der Waals surface area contributed by atoms with Gasteiger partial charge in [0.2, 0.25) is 0 Å². The average molecular weight is 374 g/mol. The fourth-order valence-corrected chi connectivity index (χ4v) is 4.31. The van der Waals surface area contributed by atoms with E-state index in [0.717, 1.165) is 0 Å². The molecule has 0 bridgehead atoms. The first-order valence-electron chi connectivity index (χ1n) is 8.01. The zero-order chi connectivity index (χ0) is 18.6. The number of nitrogens with zero attached hydrogens (tertiary/aromatic N) is 1. The van der Waals surface area contributed by atoms with E-state index in [0.29, 0.717) is 23.4 Å². The summed E-state index contributed by atoms with van der Waals surface area (Å²) >= 11 is 0. The number of aromatic nitrogens is 1. The fourth-order valence-electron chi connectivity index (χ4n) is 2.64. The van der Waals surface area contributed by atoms with E-state index in [1.165, 1.54) is 12.3 Å². The highest BCUT2D eigenvalue weighted by Crippen LogP contribution is 2.14. The first-order valence-corrected chi connectivity index (χ1v) is 9.83. The van der Waals surface area contributed by atoms with Gasteiger partial charge in [0, 0.05) is 23.5 Å². The number of hydrogen-bond donors (Lipinski definition) is 3. The van der Waals surface area contributed by atoms with Crippen LogP contribution in [0.1, 0.15) is 16.8 Å². The molecular weight excluding hydrogens is 356 g/mol. The molecule has 0 spiro atoms. The number of urea groups is 1. The second-order valence-corrected chi connectivity index (χ2v) is 8.20. The standard InChI is InChI=1S/C17H18N4O4S/c22-16(19-14-5-2-7-18-10-14)12-3-1-4-13(9-12)20-17(23)21-15-6-8-26(24,25)11-15/h1-5,7,9-10,15H,6,8,11H2,(H,19,22)(H2,20,21,23). The summed E-state index contributed by atoms with van der Waals surface area (Å²) in [5, 5.41) is 7.96. The number of sulfone groups is 1. The quantitative estimate of drug-likeness (QED) is 0.752. The minimum absolute atomic E-state index is 0.0476. The lowest BCUT2D eigenvalue weighted by atomic mass is 10.2. The summed E-state index contributed by atoms with van der Waals surface area (Å²) in [7, 11) is -3.06. The molecule has 1 fully saturated rings. The third-order valence-corrected chi connectivity index (χ3v) is 5.64. The molecule has 0 aliphatic carbocycles. The van der Waals surface area contributed by atoms with Gasteiger partial charge in [-0.15, -0.1) is 0 Å². The van der Waals surface area contributed by atoms with Crippen molar-refractivity contribution in [3.63, 3.8) is 0 Å². The van der Waals surface area contributed by atoms with Crippen molar-refractivity contribution in [3.05, 3.63) is 54.4 Å². The number of hydrogen-bond acceptors (Lipinski definition) is 5. The average Bonchev–Trinajstić information content (AvgIpc) is 2.94. The summed E-state index contributed by atoms with van der Waals surface area (Å²) < 4.78 is 22.9. The van der Waals surface area contributed by atoms with Gasteiger partial charge in [0.1, 0.15) is 0 Å². The lowest BCUT2D eigenvalue weighted by Crippen LogP contribution is -2.38. The number of amides is 3. The Labute approximate surface area is 150 Å². The first kappa shape index (κ1) is 17.9. The molecule has 136 valence electrons. The van der Waals surface area contributed by atoms with Crippen molar-refractivity contribution in [2.75, 3.05) is 22.1 Å². The molecule has 1 atom stereocenters. The summed E-state index contributed by atoms with van der Waals surface area (Å²) in [6.07, 6.45) is 3.54. The lowest BCUT2D eigenvalue weighted by Gasteiger charge is -2.12. The summed E-state index contributed by atoms with van der Waals surface area (Å²) in [6.45, 7) is 0. The van der Waals surface area contributed by atoms with Crippen LogP contribution in [0.3, 0.4) is 0 Å². The van der Waals surface area contributed by atoms with E-state index in [-0.39, 0.29) is 17.4 Å². The summed E-state index contributed by atoms with van der Waals surface area (Å²) in [4.78, 5) is 28.2. The molecule has 1 aliphatic heterocycles. The van der Waals surface area contributed by atoms with Crippen LogP contribution in [0.25, 0.3) is 0 Å². The van der Waals surface area contributed by atoms with E-state index in [2.05, 4.69) is 20.9 Å². The van der Waals surface area contributed by atoms with Crippen LogP contribution < -0.4 is 16.0 Å². The maximum absolute atomic E-state index is 12.3. The Bertz CT molecular complexity index is 915. The van der Waals surface area contributed by atoms with Gasteiger partial charge in [0.05, 0.1) is 23.4 Å². The highest BCUT2D eigenvalue weighted by atomic mass is 32.2. The van der Waals surface area contributed by atoms with Gasteiger partial charge in [0.25, 0.3) is 5.91 Å². The first-order chi connectivity index (χ1) is 12.4. The van der Waals surface area contributed by atoms with E-state index < -0.39 is 21.9 Å². The highest BCUT2D eigenvalue weighted by Gasteiger charge is 2.28. The van der Waals surface area contributed by atoms with E-state index in [1.54, 1.807) is 36.5 Å². The topological polar surface area (TPSA) is 117 Å². The number of benzene rings is 1. The van der Waals surface area contributed by atoms with E-state index in [1.807, 2.05) is 0 Å². The van der Waals surface area contributed by atoms with Crippen molar-refractivity contribution in [1.29, 1.82) is 0 Å². The summed E-state index contributed by atoms with van der Waals surface area (Å²) in [6, 6.07) is 8.99. The van der Waals surface area contributed by atoms with Gasteiger partial charge in [-0.3, -0.25) is 9.78 Å². The van der Waals surface area contributed by atoms with Crippen molar-refractivity contribution in [2.45, 2.75) is 12.5 Å². The molecule has 1 saturated heterocycles. The lowest BCUT2D eigenvalue weighted by molar-refractivity contribution is 0.102. The molecule has 8 nitrogen and oxygen atoms in total. The molecule has 26 heavy (non-hydrogen) atoms. The van der Waals surface area contributed by atoms with E-state index in [4.69, 9.17) is 0 Å². The third kappa shape index (κ3) is 4.79. The second kappa shape index (κ2) is 7.52. The van der Waals surface area contributed by atoms with Crippen LogP contribution in [-0.2, 0) is 9.84 Å². The highest BCUT2D eigenvalue weighted by molar-refractivity contribution is 7.91. The van der Waals surface area contributed by atoms with Crippen molar-refractivity contribution in [1.82, 2.24) is 10.3 Å². The van der Waals surface area contributed by atoms with E-state index in [9.17, 15) is 18.0 Å². The van der Waals surface area contributed by atoms with Gasteiger partial charge in [-0.2, -0.15) is 0 Å². The SMILES string of the molecule is O=C(Nc1cccc(C(=O)Nc2cccnc2)c1)NC1CCS(=O)(=O)C1. The van der Waals surface area contributed by atoms with Crippen molar-refractivity contribution in [2.24, 2.45) is 0 Å². The molecule has 0 saturated carbocycles. The predicted molar refractivity (Wildman–Crippen MR) is 97.8 cm³/mol. The van der Waals surface area contributed by atoms with Crippen molar-refractivity contribution in [3.8, 4) is 0 Å². The Hall–Kier alpha value is -2.94. The monoisotopic (exact) mass is 374 g/mol. The number of rotatable bonds is 4. The van der Waals surface area contributed by atoms with Crippen LogP contribution in [0.15, 0.2) is 48.8 Å². The third-order valence-electron chi connectivity index (χ3n) is 3.87. The number of carbonyl (C=O) groups excluding carboxylic acids is 2. The van der Waals surface area contributed by atoms with Crippen LogP contribution in [0.4, 0.5) is 16.2 Å². The van der Waals surface area contributed by atoms with E-state index >= 15 is 0 Å². The van der Waals surface area contributed by atoms with Gasteiger partial charge in [-0.05, 0) is 36.8 Å². The zero-order valence-corrected chi connectivity index (χ0v) is 14.6. The number of pyridine rings is 1. The van der Waals surface area contributed by atoms with Crippen molar-refractivity contribution < 1.29 is 18.0 Å². The molecule has 2 aromatic rings. The molecule has 1 aliphatic rings. The largest absolute Gasteiger partial charge is 0.334 e. The molecule has 9 heteroatoms. The molecule has 0 radical (unpaired) electrons. The minimum atomic E-state index is -3.06. The Morgan fingerprint density at radius 1 is 1.08 bits per heavy atom. The molecular formula is C17H18N4O4S. The normalized spacial score (nSPS) is 18.1. The van der Waals surface area contributed by atoms with Gasteiger partial charge in [0.15, 0.2) is 9.84 Å². The zero-order valence-electron chi connectivity index (χ0n) is 13.8. The summed E-state index contributed by atoms with van der Waals surface area (Å²) in [5.74, 6) is -0.292. The van der Waals surface area contributed by atoms with Crippen molar-refractivity contribution >= 4 is 33.2 Å². The Kier molecular flexibility index (Phi) is 5.17. The van der Waals surface area contributed by atoms with Crippen LogP contribution in [-0.4, -0.2) is 42.9 Å². The van der Waals surface area contributed by atoms with Crippen LogP contribution in [0.2, 0.25) is 0 Å². The Morgan fingerprint density at radius 2 is 1.88 bits per heavy atom. The molecule has 1 unspecified atom stereocenters. The molecule has 1 aromatic carbocycles. The number of anilines is 2. The smallest absolute Gasteiger partial charge is 0.319 e. The second-order valence-electron chi connectivity index (χ2n) is 5.98. The fraction of sp³-hybridized carbons (Fsp3) is 0.235. The number of nitrogens with one attached hydrogen (secondary N) is 3. The maximum atomic E-state index is 12.3. The predicted octanol–water partition coefficient (Wildman–Crippen LogP) is 1.64.